The van der Waals surface area contributed by atoms with Crippen molar-refractivity contribution in [2.24, 2.45) is 5.92 Å². The van der Waals surface area contributed by atoms with Gasteiger partial charge in [-0.3, -0.25) is 9.59 Å². The molecule has 3 saturated heterocycles. The fourth-order valence-corrected chi connectivity index (χ4v) is 6.32. The van der Waals surface area contributed by atoms with Gasteiger partial charge in [-0.1, -0.05) is 12.8 Å². The number of sulfonamides is 1. The third-order valence-electron chi connectivity index (χ3n) is 6.57. The van der Waals surface area contributed by atoms with Crippen LogP contribution in [0, 0.1) is 5.92 Å². The van der Waals surface area contributed by atoms with Gasteiger partial charge in [0.2, 0.25) is 15.9 Å². The highest BCUT2D eigenvalue weighted by Gasteiger charge is 2.36. The van der Waals surface area contributed by atoms with E-state index in [0.29, 0.717) is 31.7 Å². The molecule has 0 aliphatic carbocycles. The monoisotopic (exact) mass is 436 g/mol. The van der Waals surface area contributed by atoms with Crippen molar-refractivity contribution in [3.8, 4) is 0 Å². The highest BCUT2D eigenvalue weighted by atomic mass is 32.2. The molecule has 0 unspecified atom stereocenters. The number of piperidine rings is 1. The van der Waals surface area contributed by atoms with Crippen molar-refractivity contribution >= 4 is 21.8 Å². The minimum Gasteiger partial charge on any atom is -0.356 e. The number of aromatic nitrogens is 1. The van der Waals surface area contributed by atoms with Crippen LogP contribution in [0.15, 0.2) is 17.2 Å². The van der Waals surface area contributed by atoms with E-state index in [1.54, 1.807) is 4.90 Å². The molecule has 166 valence electrons. The van der Waals surface area contributed by atoms with Gasteiger partial charge in [-0.25, -0.2) is 8.42 Å². The number of carbonyl (C=O) groups excluding carboxylic acids is 2. The molecule has 0 saturated carbocycles. The number of amides is 2. The van der Waals surface area contributed by atoms with Crippen LogP contribution in [-0.2, 0) is 14.8 Å². The molecular formula is C21H32N4O4S. The van der Waals surface area contributed by atoms with E-state index in [-0.39, 0.29) is 29.2 Å². The maximum absolute atomic E-state index is 13.2. The van der Waals surface area contributed by atoms with Gasteiger partial charge in [-0.2, -0.15) is 4.31 Å². The van der Waals surface area contributed by atoms with Gasteiger partial charge in [-0.05, 0) is 44.6 Å². The SMILES string of the molecule is O=C(c1cc(S(=O)(=O)N2CCC[C@H](C(=O)N3CCCC3)C2)c[nH]1)N1CCCCCC1. The van der Waals surface area contributed by atoms with Crippen molar-refractivity contribution in [3.63, 3.8) is 0 Å². The molecule has 3 fully saturated rings. The van der Waals surface area contributed by atoms with Crippen LogP contribution in [0.3, 0.4) is 0 Å². The average Bonchev–Trinajstić information content (AvgIpc) is 3.41. The molecule has 0 aromatic carbocycles. The number of H-pyrrole nitrogens is 1. The number of aromatic amines is 1. The third kappa shape index (κ3) is 4.42. The second kappa shape index (κ2) is 9.09. The number of rotatable bonds is 4. The molecule has 1 atom stereocenters. The fraction of sp³-hybridized carbons (Fsp3) is 0.714. The maximum Gasteiger partial charge on any atom is 0.270 e. The lowest BCUT2D eigenvalue weighted by molar-refractivity contribution is -0.135. The van der Waals surface area contributed by atoms with Crippen LogP contribution in [0.4, 0.5) is 0 Å². The van der Waals surface area contributed by atoms with Crippen LogP contribution in [-0.4, -0.2) is 78.6 Å². The van der Waals surface area contributed by atoms with E-state index in [1.165, 1.54) is 16.6 Å². The van der Waals surface area contributed by atoms with Crippen molar-refractivity contribution in [2.45, 2.75) is 56.3 Å². The molecule has 0 bridgehead atoms. The molecule has 8 nitrogen and oxygen atoms in total. The lowest BCUT2D eigenvalue weighted by atomic mass is 9.98. The van der Waals surface area contributed by atoms with Gasteiger partial charge < -0.3 is 14.8 Å². The molecule has 3 aliphatic heterocycles. The van der Waals surface area contributed by atoms with E-state index in [2.05, 4.69) is 4.98 Å². The summed E-state index contributed by atoms with van der Waals surface area (Å²) in [5, 5.41) is 0. The Bertz CT molecular complexity index is 867. The quantitative estimate of drug-likeness (QED) is 0.782. The Balaban J connectivity index is 1.45. The lowest BCUT2D eigenvalue weighted by Crippen LogP contribution is -2.46. The van der Waals surface area contributed by atoms with Crippen molar-refractivity contribution in [3.05, 3.63) is 18.0 Å². The second-order valence-corrected chi connectivity index (χ2v) is 10.6. The molecule has 4 rings (SSSR count). The number of hydrogen-bond acceptors (Lipinski definition) is 4. The van der Waals surface area contributed by atoms with Crippen LogP contribution >= 0.6 is 0 Å². The first-order valence-corrected chi connectivity index (χ1v) is 12.7. The van der Waals surface area contributed by atoms with E-state index in [9.17, 15) is 18.0 Å². The van der Waals surface area contributed by atoms with Crippen molar-refractivity contribution < 1.29 is 18.0 Å². The zero-order valence-electron chi connectivity index (χ0n) is 17.5. The first-order valence-electron chi connectivity index (χ1n) is 11.2. The van der Waals surface area contributed by atoms with Gasteiger partial charge >= 0.3 is 0 Å². The number of carbonyl (C=O) groups is 2. The first-order chi connectivity index (χ1) is 14.5. The van der Waals surface area contributed by atoms with E-state index < -0.39 is 10.0 Å². The van der Waals surface area contributed by atoms with Gasteiger partial charge in [0, 0.05) is 45.5 Å². The Labute approximate surface area is 178 Å². The topological polar surface area (TPSA) is 93.8 Å². The Morgan fingerprint density at radius 3 is 2.20 bits per heavy atom. The normalized spacial score (nSPS) is 24.1. The van der Waals surface area contributed by atoms with Gasteiger partial charge in [0.05, 0.1) is 5.92 Å². The van der Waals surface area contributed by atoms with Crippen LogP contribution < -0.4 is 0 Å². The summed E-state index contributed by atoms with van der Waals surface area (Å²) < 4.78 is 27.8. The summed E-state index contributed by atoms with van der Waals surface area (Å²) in [7, 11) is -3.74. The molecule has 0 spiro atoms. The zero-order chi connectivity index (χ0) is 21.1. The van der Waals surface area contributed by atoms with Crippen molar-refractivity contribution in [1.82, 2.24) is 19.1 Å². The Morgan fingerprint density at radius 2 is 1.50 bits per heavy atom. The summed E-state index contributed by atoms with van der Waals surface area (Å²) in [5.74, 6) is -0.332. The summed E-state index contributed by atoms with van der Waals surface area (Å²) in [6, 6.07) is 1.45. The van der Waals surface area contributed by atoms with Crippen LogP contribution in [0.1, 0.15) is 61.9 Å². The largest absolute Gasteiger partial charge is 0.356 e. The summed E-state index contributed by atoms with van der Waals surface area (Å²) in [6.07, 6.45) is 9.08. The molecule has 4 heterocycles. The molecule has 1 aromatic rings. The lowest BCUT2D eigenvalue weighted by Gasteiger charge is -2.33. The Kier molecular flexibility index (Phi) is 6.48. The van der Waals surface area contributed by atoms with Gasteiger partial charge in [-0.15, -0.1) is 0 Å². The summed E-state index contributed by atoms with van der Waals surface area (Å²) in [4.78, 5) is 32.2. The number of hydrogen-bond donors (Lipinski definition) is 1. The standard InChI is InChI=1S/C21H32N4O4S/c26-20(23-11-5-6-12-23)17-8-7-13-25(16-17)30(28,29)18-14-19(22-15-18)21(27)24-9-3-1-2-4-10-24/h14-15,17,22H,1-13,16H2/t17-/m0/s1. The number of likely N-dealkylation sites (tertiary alicyclic amines) is 2. The fourth-order valence-electron chi connectivity index (χ4n) is 4.80. The molecule has 9 heteroatoms. The average molecular weight is 437 g/mol. The van der Waals surface area contributed by atoms with Crippen LogP contribution in [0.5, 0.6) is 0 Å². The second-order valence-electron chi connectivity index (χ2n) is 8.69. The summed E-state index contributed by atoms with van der Waals surface area (Å²) >= 11 is 0. The maximum atomic E-state index is 13.2. The number of nitrogens with one attached hydrogen (secondary N) is 1. The van der Waals surface area contributed by atoms with E-state index in [0.717, 1.165) is 58.0 Å². The zero-order valence-corrected chi connectivity index (χ0v) is 18.3. The molecule has 2 amide bonds. The summed E-state index contributed by atoms with van der Waals surface area (Å²) in [6.45, 7) is 3.62. The van der Waals surface area contributed by atoms with Crippen LogP contribution in [0.2, 0.25) is 0 Å². The molecule has 0 radical (unpaired) electrons. The van der Waals surface area contributed by atoms with E-state index >= 15 is 0 Å². The first kappa shape index (κ1) is 21.4. The smallest absolute Gasteiger partial charge is 0.270 e. The van der Waals surface area contributed by atoms with Crippen molar-refractivity contribution in [1.29, 1.82) is 0 Å². The Hall–Kier alpha value is -1.87. The van der Waals surface area contributed by atoms with E-state index in [4.69, 9.17) is 0 Å². The minimum atomic E-state index is -3.74. The molecule has 3 aliphatic rings. The highest BCUT2D eigenvalue weighted by molar-refractivity contribution is 7.89. The number of nitrogens with zero attached hydrogens (tertiary/aromatic N) is 3. The molecule has 1 aromatic heterocycles. The Morgan fingerprint density at radius 1 is 0.867 bits per heavy atom. The highest BCUT2D eigenvalue weighted by Crippen LogP contribution is 2.27. The van der Waals surface area contributed by atoms with Gasteiger partial charge in [0.1, 0.15) is 10.6 Å². The molecular weight excluding hydrogens is 404 g/mol. The summed E-state index contributed by atoms with van der Waals surface area (Å²) in [5.41, 5.74) is 0.317. The predicted molar refractivity (Wildman–Crippen MR) is 112 cm³/mol. The minimum absolute atomic E-state index is 0.0819. The van der Waals surface area contributed by atoms with Crippen molar-refractivity contribution in [2.75, 3.05) is 39.3 Å². The van der Waals surface area contributed by atoms with Gasteiger partial charge in [0.25, 0.3) is 5.91 Å². The predicted octanol–water partition coefficient (Wildman–Crippen LogP) is 2.05. The molecule has 30 heavy (non-hydrogen) atoms. The third-order valence-corrected chi connectivity index (χ3v) is 8.41. The van der Waals surface area contributed by atoms with Gasteiger partial charge in [0.15, 0.2) is 0 Å². The van der Waals surface area contributed by atoms with E-state index in [1.807, 2.05) is 4.90 Å². The van der Waals surface area contributed by atoms with Crippen LogP contribution in [0.25, 0.3) is 0 Å². The molecule has 1 N–H and O–H groups in total.